The Labute approximate surface area is 178 Å². The molecule has 0 spiro atoms. The van der Waals surface area contributed by atoms with Crippen LogP contribution in [-0.4, -0.2) is 51.5 Å². The molecule has 0 unspecified atom stereocenters. The second kappa shape index (κ2) is 7.66. The number of carbonyl (C=O) groups is 1. The molecular weight excluding hydrogens is 396 g/mol. The van der Waals surface area contributed by atoms with Gasteiger partial charge in [0.25, 0.3) is 5.56 Å². The number of carbonyl (C=O) groups excluding carboxylic acids is 1. The zero-order valence-corrected chi connectivity index (χ0v) is 17.4. The minimum atomic E-state index is -0.370. The van der Waals surface area contributed by atoms with Crippen molar-refractivity contribution in [2.45, 2.75) is 26.4 Å². The van der Waals surface area contributed by atoms with Gasteiger partial charge in [-0.3, -0.25) is 19.1 Å². The van der Waals surface area contributed by atoms with Crippen LogP contribution in [0.1, 0.15) is 18.1 Å². The zero-order valence-electron chi connectivity index (χ0n) is 17.4. The average molecular weight is 420 g/mol. The van der Waals surface area contributed by atoms with Gasteiger partial charge in [0, 0.05) is 44.8 Å². The van der Waals surface area contributed by atoms with Gasteiger partial charge >= 0.3 is 5.69 Å². The maximum absolute atomic E-state index is 12.4. The Morgan fingerprint density at radius 1 is 1.06 bits per heavy atom. The van der Waals surface area contributed by atoms with Crippen LogP contribution in [-0.2, 0) is 24.3 Å². The summed E-state index contributed by atoms with van der Waals surface area (Å²) in [5.74, 6) is 0.669. The van der Waals surface area contributed by atoms with E-state index in [0.29, 0.717) is 29.7 Å². The minimum Gasteiger partial charge on any atom is -0.368 e. The molecule has 0 atom stereocenters. The lowest BCUT2D eigenvalue weighted by Crippen LogP contribution is -2.46. The van der Waals surface area contributed by atoms with Crippen molar-refractivity contribution in [2.24, 2.45) is 0 Å². The van der Waals surface area contributed by atoms with Crippen LogP contribution in [0.5, 0.6) is 0 Å². The van der Waals surface area contributed by atoms with Crippen molar-refractivity contribution < 1.29 is 4.79 Å². The van der Waals surface area contributed by atoms with Crippen LogP contribution in [0.4, 0.5) is 11.5 Å². The van der Waals surface area contributed by atoms with Crippen molar-refractivity contribution in [2.75, 3.05) is 36.4 Å². The summed E-state index contributed by atoms with van der Waals surface area (Å²) >= 11 is 0. The lowest BCUT2D eigenvalue weighted by Gasteiger charge is -2.36. The number of aromatic nitrogens is 3. The molecule has 0 bridgehead atoms. The Hall–Kier alpha value is -3.46. The molecule has 9 heteroatoms. The molecule has 9 nitrogen and oxygen atoms in total. The number of amides is 1. The first-order valence-corrected chi connectivity index (χ1v) is 10.5. The normalized spacial score (nSPS) is 16.5. The van der Waals surface area contributed by atoms with Gasteiger partial charge in [-0.2, -0.15) is 0 Å². The average Bonchev–Trinajstić information content (AvgIpc) is 3.13. The summed E-state index contributed by atoms with van der Waals surface area (Å²) in [6.45, 7) is 6.40. The number of aromatic amines is 1. The number of rotatable bonds is 4. The molecule has 1 fully saturated rings. The highest BCUT2D eigenvalue weighted by atomic mass is 16.2. The summed E-state index contributed by atoms with van der Waals surface area (Å²) in [7, 11) is 0. The monoisotopic (exact) mass is 420 g/mol. The number of benzene rings is 1. The SMILES string of the molecule is CCn1c(=O)[nH]c2cc(CN3CCN(c4cnc5c(c4)CC(=O)N5)CC3)ccc2c1=O. The highest BCUT2D eigenvalue weighted by Crippen LogP contribution is 2.26. The van der Waals surface area contributed by atoms with E-state index < -0.39 is 0 Å². The van der Waals surface area contributed by atoms with E-state index in [1.54, 1.807) is 13.0 Å². The van der Waals surface area contributed by atoms with Crippen LogP contribution in [0.25, 0.3) is 10.9 Å². The number of anilines is 2. The van der Waals surface area contributed by atoms with Gasteiger partial charge in [-0.15, -0.1) is 0 Å². The van der Waals surface area contributed by atoms with Gasteiger partial charge in [0.15, 0.2) is 0 Å². The van der Waals surface area contributed by atoms with E-state index in [4.69, 9.17) is 0 Å². The van der Waals surface area contributed by atoms with Gasteiger partial charge in [-0.1, -0.05) is 6.07 Å². The molecule has 0 saturated carbocycles. The van der Waals surface area contributed by atoms with Gasteiger partial charge in [-0.25, -0.2) is 9.78 Å². The van der Waals surface area contributed by atoms with Crippen molar-refractivity contribution >= 4 is 28.3 Å². The van der Waals surface area contributed by atoms with Crippen LogP contribution in [0.15, 0.2) is 40.1 Å². The molecule has 160 valence electrons. The summed E-state index contributed by atoms with van der Waals surface area (Å²) in [6.07, 6.45) is 2.21. The highest BCUT2D eigenvalue weighted by Gasteiger charge is 2.22. The molecule has 2 aliphatic heterocycles. The van der Waals surface area contributed by atoms with Crippen LogP contribution in [0, 0.1) is 0 Å². The van der Waals surface area contributed by atoms with Gasteiger partial charge in [-0.05, 0) is 30.7 Å². The maximum Gasteiger partial charge on any atom is 0.328 e. The number of hydrogen-bond donors (Lipinski definition) is 2. The first-order chi connectivity index (χ1) is 15.0. The Kier molecular flexibility index (Phi) is 4.82. The Bertz CT molecular complexity index is 1290. The molecule has 0 radical (unpaired) electrons. The highest BCUT2D eigenvalue weighted by molar-refractivity contribution is 5.98. The molecular formula is C22H24N6O3. The van der Waals surface area contributed by atoms with Crippen molar-refractivity contribution in [1.82, 2.24) is 19.4 Å². The fraction of sp³-hybridized carbons (Fsp3) is 0.364. The molecule has 1 aromatic carbocycles. The third kappa shape index (κ3) is 3.61. The Morgan fingerprint density at radius 2 is 1.87 bits per heavy atom. The van der Waals surface area contributed by atoms with E-state index in [9.17, 15) is 14.4 Å². The van der Waals surface area contributed by atoms with Crippen LogP contribution in [0.3, 0.4) is 0 Å². The van der Waals surface area contributed by atoms with Crippen LogP contribution in [0.2, 0.25) is 0 Å². The van der Waals surface area contributed by atoms with E-state index in [1.165, 1.54) is 4.57 Å². The summed E-state index contributed by atoms with van der Waals surface area (Å²) in [5, 5.41) is 3.30. The van der Waals surface area contributed by atoms with E-state index in [0.717, 1.165) is 49.5 Å². The van der Waals surface area contributed by atoms with Gasteiger partial charge in [0.2, 0.25) is 5.91 Å². The van der Waals surface area contributed by atoms with E-state index in [2.05, 4.69) is 31.2 Å². The number of pyridine rings is 1. The topological polar surface area (TPSA) is 103 Å². The third-order valence-electron chi connectivity index (χ3n) is 6.07. The molecule has 2 aliphatic rings. The maximum atomic E-state index is 12.4. The number of fused-ring (bicyclic) bond motifs is 2. The first kappa shape index (κ1) is 19.5. The lowest BCUT2D eigenvalue weighted by atomic mass is 10.1. The zero-order chi connectivity index (χ0) is 21.5. The number of nitrogens with zero attached hydrogens (tertiary/aromatic N) is 4. The summed E-state index contributed by atoms with van der Waals surface area (Å²) in [6, 6.07) is 7.72. The second-order valence-corrected chi connectivity index (χ2v) is 8.05. The molecule has 31 heavy (non-hydrogen) atoms. The fourth-order valence-electron chi connectivity index (χ4n) is 4.38. The van der Waals surface area contributed by atoms with Crippen molar-refractivity contribution in [1.29, 1.82) is 0 Å². The van der Waals surface area contributed by atoms with E-state index in [-0.39, 0.29) is 17.2 Å². The molecule has 0 aliphatic carbocycles. The second-order valence-electron chi connectivity index (χ2n) is 8.05. The number of H-pyrrole nitrogens is 1. The van der Waals surface area contributed by atoms with Gasteiger partial charge < -0.3 is 15.2 Å². The number of nitrogens with one attached hydrogen (secondary N) is 2. The van der Waals surface area contributed by atoms with Crippen molar-refractivity contribution in [3.05, 3.63) is 62.4 Å². The molecule has 1 amide bonds. The Morgan fingerprint density at radius 3 is 2.65 bits per heavy atom. The quantitative estimate of drug-likeness (QED) is 0.651. The summed E-state index contributed by atoms with van der Waals surface area (Å²) < 4.78 is 1.21. The van der Waals surface area contributed by atoms with Crippen molar-refractivity contribution in [3.63, 3.8) is 0 Å². The predicted octanol–water partition coefficient (Wildman–Crippen LogP) is 0.921. The van der Waals surface area contributed by atoms with Gasteiger partial charge in [0.05, 0.1) is 29.2 Å². The van der Waals surface area contributed by atoms with Crippen LogP contribution >= 0.6 is 0 Å². The number of hydrogen-bond acceptors (Lipinski definition) is 6. The molecule has 3 aromatic rings. The smallest absolute Gasteiger partial charge is 0.328 e. The summed E-state index contributed by atoms with van der Waals surface area (Å²) in [5.41, 5.74) is 3.03. The standard InChI is InChI=1S/C22H24N6O3/c1-2-28-21(30)17-4-3-14(9-18(17)24-22(28)31)13-26-5-7-27(8-6-26)16-10-15-11-19(29)25-20(15)23-12-16/h3-4,9-10,12H,2,5-8,11,13H2,1H3,(H,24,31)(H,23,25,29). The largest absolute Gasteiger partial charge is 0.368 e. The Balaban J connectivity index is 1.27. The molecule has 2 N–H and O–H groups in total. The molecule has 5 rings (SSSR count). The lowest BCUT2D eigenvalue weighted by molar-refractivity contribution is -0.115. The fourth-order valence-corrected chi connectivity index (χ4v) is 4.38. The molecule has 2 aromatic heterocycles. The van der Waals surface area contributed by atoms with E-state index >= 15 is 0 Å². The van der Waals surface area contributed by atoms with Gasteiger partial charge in [0.1, 0.15) is 5.82 Å². The van der Waals surface area contributed by atoms with Crippen LogP contribution < -0.4 is 21.5 Å². The predicted molar refractivity (Wildman–Crippen MR) is 119 cm³/mol. The van der Waals surface area contributed by atoms with Crippen molar-refractivity contribution in [3.8, 4) is 0 Å². The number of piperazine rings is 1. The molecule has 1 saturated heterocycles. The summed E-state index contributed by atoms with van der Waals surface area (Å²) in [4.78, 5) is 47.9. The van der Waals surface area contributed by atoms with E-state index in [1.807, 2.05) is 18.3 Å². The first-order valence-electron chi connectivity index (χ1n) is 10.5. The molecule has 4 heterocycles. The third-order valence-corrected chi connectivity index (χ3v) is 6.07. The minimum absolute atomic E-state index is 0.00480.